The first-order valence-corrected chi connectivity index (χ1v) is 10.5. The number of benzene rings is 2. The van der Waals surface area contributed by atoms with Gasteiger partial charge in [0, 0.05) is 4.88 Å². The third-order valence-electron chi connectivity index (χ3n) is 4.27. The molecular formula is C22H20Cl2N2O2S. The summed E-state index contributed by atoms with van der Waals surface area (Å²) in [6, 6.07) is 13.2. The fourth-order valence-corrected chi connectivity index (χ4v) is 4.50. The van der Waals surface area contributed by atoms with E-state index in [1.54, 1.807) is 48.5 Å². The summed E-state index contributed by atoms with van der Waals surface area (Å²) >= 11 is 13.8. The summed E-state index contributed by atoms with van der Waals surface area (Å²) in [4.78, 5) is 33.4. The minimum atomic E-state index is -0.547. The van der Waals surface area contributed by atoms with Gasteiger partial charge in [-0.15, -0.1) is 11.3 Å². The van der Waals surface area contributed by atoms with E-state index in [0.29, 0.717) is 5.13 Å². The van der Waals surface area contributed by atoms with E-state index in [1.807, 2.05) is 6.92 Å². The van der Waals surface area contributed by atoms with Crippen molar-refractivity contribution < 1.29 is 9.59 Å². The monoisotopic (exact) mass is 446 g/mol. The molecule has 0 saturated carbocycles. The zero-order valence-corrected chi connectivity index (χ0v) is 18.8. The number of carbonyl (C=O) groups excluding carboxylic acids is 2. The first-order valence-electron chi connectivity index (χ1n) is 8.97. The number of aromatic nitrogens is 1. The van der Waals surface area contributed by atoms with Crippen LogP contribution in [0.5, 0.6) is 0 Å². The molecule has 150 valence electrons. The fraction of sp³-hybridized carbons (Fsp3) is 0.227. The maximum atomic E-state index is 13.4. The number of carbonyl (C=O) groups is 2. The molecule has 29 heavy (non-hydrogen) atoms. The number of halogens is 2. The quantitative estimate of drug-likeness (QED) is 0.428. The highest BCUT2D eigenvalue weighted by Gasteiger charge is 2.33. The van der Waals surface area contributed by atoms with Crippen molar-refractivity contribution in [2.24, 2.45) is 0 Å². The normalized spacial score (nSPS) is 11.4. The fourth-order valence-electron chi connectivity index (χ4n) is 2.95. The summed E-state index contributed by atoms with van der Waals surface area (Å²) in [5.41, 5.74) is 1.05. The maximum Gasteiger partial charge on any atom is 0.268 e. The van der Waals surface area contributed by atoms with Gasteiger partial charge < -0.3 is 0 Å². The number of hydrogen-bond acceptors (Lipinski definition) is 4. The van der Waals surface area contributed by atoms with Crippen LogP contribution in [-0.2, 0) is 5.41 Å². The van der Waals surface area contributed by atoms with Crippen LogP contribution in [0.15, 0.2) is 48.5 Å². The molecule has 0 spiro atoms. The lowest BCUT2D eigenvalue weighted by atomic mass is 9.94. The van der Waals surface area contributed by atoms with Gasteiger partial charge in [-0.05, 0) is 36.6 Å². The molecule has 1 aromatic heterocycles. The van der Waals surface area contributed by atoms with Crippen molar-refractivity contribution >= 4 is 51.5 Å². The van der Waals surface area contributed by atoms with E-state index in [9.17, 15) is 9.59 Å². The largest absolute Gasteiger partial charge is 0.268 e. The highest BCUT2D eigenvalue weighted by atomic mass is 35.5. The molecule has 0 atom stereocenters. The van der Waals surface area contributed by atoms with Crippen molar-refractivity contribution in [2.75, 3.05) is 4.90 Å². The summed E-state index contributed by atoms with van der Waals surface area (Å²) in [7, 11) is 0. The van der Waals surface area contributed by atoms with Gasteiger partial charge in [-0.2, -0.15) is 0 Å². The van der Waals surface area contributed by atoms with Crippen molar-refractivity contribution in [1.29, 1.82) is 0 Å². The highest BCUT2D eigenvalue weighted by Crippen LogP contribution is 2.37. The SMILES string of the molecule is Cc1nc(N(C(=O)c2ccccc2Cl)C(=O)c2ccccc2Cl)sc1C(C)(C)C. The molecule has 2 amide bonds. The van der Waals surface area contributed by atoms with E-state index in [2.05, 4.69) is 25.8 Å². The van der Waals surface area contributed by atoms with Crippen LogP contribution < -0.4 is 4.90 Å². The Morgan fingerprint density at radius 3 is 1.72 bits per heavy atom. The topological polar surface area (TPSA) is 50.3 Å². The number of amides is 2. The Morgan fingerprint density at radius 2 is 1.34 bits per heavy atom. The van der Waals surface area contributed by atoms with Crippen LogP contribution in [0.25, 0.3) is 0 Å². The van der Waals surface area contributed by atoms with E-state index >= 15 is 0 Å². The van der Waals surface area contributed by atoms with Crippen molar-refractivity contribution in [3.8, 4) is 0 Å². The highest BCUT2D eigenvalue weighted by molar-refractivity contribution is 7.16. The minimum absolute atomic E-state index is 0.174. The molecule has 7 heteroatoms. The van der Waals surface area contributed by atoms with Crippen molar-refractivity contribution in [3.63, 3.8) is 0 Å². The number of hydrogen-bond donors (Lipinski definition) is 0. The second kappa shape index (κ2) is 8.27. The van der Waals surface area contributed by atoms with Gasteiger partial charge in [-0.25, -0.2) is 9.88 Å². The second-order valence-electron chi connectivity index (χ2n) is 7.57. The molecule has 2 aromatic carbocycles. The molecule has 0 aliphatic carbocycles. The van der Waals surface area contributed by atoms with Gasteiger partial charge in [0.15, 0.2) is 5.13 Å². The second-order valence-corrected chi connectivity index (χ2v) is 9.36. The molecule has 0 unspecified atom stereocenters. The molecule has 4 nitrogen and oxygen atoms in total. The minimum Gasteiger partial charge on any atom is -0.268 e. The molecule has 0 fully saturated rings. The molecular weight excluding hydrogens is 427 g/mol. The predicted octanol–water partition coefficient (Wildman–Crippen LogP) is 6.54. The van der Waals surface area contributed by atoms with Gasteiger partial charge in [0.1, 0.15) is 0 Å². The van der Waals surface area contributed by atoms with Gasteiger partial charge in [0.25, 0.3) is 11.8 Å². The van der Waals surface area contributed by atoms with E-state index in [1.165, 1.54) is 11.3 Å². The number of nitrogens with zero attached hydrogens (tertiary/aromatic N) is 2. The van der Waals surface area contributed by atoms with E-state index in [0.717, 1.165) is 15.5 Å². The number of anilines is 1. The van der Waals surface area contributed by atoms with Crippen molar-refractivity contribution in [1.82, 2.24) is 4.98 Å². The van der Waals surface area contributed by atoms with Crippen LogP contribution in [-0.4, -0.2) is 16.8 Å². The van der Waals surface area contributed by atoms with E-state index in [-0.39, 0.29) is 26.6 Å². The van der Waals surface area contributed by atoms with Crippen LogP contribution >= 0.6 is 34.5 Å². The average molecular weight is 447 g/mol. The lowest BCUT2D eigenvalue weighted by Gasteiger charge is -2.20. The van der Waals surface area contributed by atoms with Crippen LogP contribution in [0, 0.1) is 6.92 Å². The summed E-state index contributed by atoms with van der Waals surface area (Å²) in [5.74, 6) is -1.09. The number of rotatable bonds is 3. The van der Waals surface area contributed by atoms with Crippen molar-refractivity contribution in [3.05, 3.63) is 80.3 Å². The zero-order valence-electron chi connectivity index (χ0n) is 16.5. The third-order valence-corrected chi connectivity index (χ3v) is 6.50. The Labute approximate surface area is 184 Å². The lowest BCUT2D eigenvalue weighted by molar-refractivity contribution is 0.0898. The Balaban J connectivity index is 2.17. The summed E-state index contributed by atoms with van der Waals surface area (Å²) in [6.07, 6.45) is 0. The van der Waals surface area contributed by atoms with Gasteiger partial charge in [-0.1, -0.05) is 68.2 Å². The lowest BCUT2D eigenvalue weighted by Crippen LogP contribution is -2.37. The molecule has 0 N–H and O–H groups in total. The number of aryl methyl sites for hydroxylation is 1. The van der Waals surface area contributed by atoms with Gasteiger partial charge in [-0.3, -0.25) is 9.59 Å². The van der Waals surface area contributed by atoms with Gasteiger partial charge in [0.2, 0.25) is 0 Å². The zero-order chi connectivity index (χ0) is 21.3. The van der Waals surface area contributed by atoms with E-state index < -0.39 is 11.8 Å². The molecule has 1 heterocycles. The van der Waals surface area contributed by atoms with Crippen LogP contribution in [0.4, 0.5) is 5.13 Å². The van der Waals surface area contributed by atoms with Crippen LogP contribution in [0.2, 0.25) is 10.0 Å². The van der Waals surface area contributed by atoms with E-state index in [4.69, 9.17) is 23.2 Å². The predicted molar refractivity (Wildman–Crippen MR) is 120 cm³/mol. The maximum absolute atomic E-state index is 13.4. The summed E-state index contributed by atoms with van der Waals surface area (Å²) in [5, 5.41) is 0.819. The molecule has 0 saturated heterocycles. The van der Waals surface area contributed by atoms with Gasteiger partial charge >= 0.3 is 0 Å². The summed E-state index contributed by atoms with van der Waals surface area (Å²) in [6.45, 7) is 8.06. The smallest absolute Gasteiger partial charge is 0.268 e. The number of imide groups is 1. The van der Waals surface area contributed by atoms with Gasteiger partial charge in [0.05, 0.1) is 26.9 Å². The molecule has 0 bridgehead atoms. The van der Waals surface area contributed by atoms with Crippen molar-refractivity contribution in [2.45, 2.75) is 33.1 Å². The molecule has 0 aliphatic heterocycles. The molecule has 0 radical (unpaired) electrons. The Bertz CT molecular complexity index is 1030. The first kappa shape index (κ1) is 21.5. The standard InChI is InChI=1S/C22H20Cl2N2O2S/c1-13-18(22(2,3)4)29-21(25-13)26(19(27)14-9-5-7-11-16(14)23)20(28)15-10-6-8-12-17(15)24/h5-12H,1-4H3. The average Bonchev–Trinajstić information content (AvgIpc) is 3.04. The summed E-state index contributed by atoms with van der Waals surface area (Å²) < 4.78 is 0. The Kier molecular flexibility index (Phi) is 6.13. The first-order chi connectivity index (χ1) is 13.6. The van der Waals surface area contributed by atoms with Crippen LogP contribution in [0.1, 0.15) is 52.1 Å². The molecule has 3 aromatic rings. The third kappa shape index (κ3) is 4.37. The molecule has 3 rings (SSSR count). The Morgan fingerprint density at radius 1 is 0.897 bits per heavy atom. The molecule has 0 aliphatic rings. The Hall–Kier alpha value is -2.21. The van der Waals surface area contributed by atoms with Crippen LogP contribution in [0.3, 0.4) is 0 Å². The number of thiazole rings is 1.